The Balaban J connectivity index is 2.78. The van der Waals surface area contributed by atoms with Gasteiger partial charge < -0.3 is 9.84 Å². The molecule has 0 fully saturated rings. The van der Waals surface area contributed by atoms with Gasteiger partial charge >= 0.3 is 5.97 Å². The van der Waals surface area contributed by atoms with Crippen molar-refractivity contribution in [1.29, 1.82) is 0 Å². The van der Waals surface area contributed by atoms with Crippen molar-refractivity contribution in [2.45, 2.75) is 31.8 Å². The van der Waals surface area contributed by atoms with Gasteiger partial charge in [-0.25, -0.2) is 0 Å². The summed E-state index contributed by atoms with van der Waals surface area (Å²) in [5.41, 5.74) is -0.130. The molecule has 3 nitrogen and oxygen atoms in total. The summed E-state index contributed by atoms with van der Waals surface area (Å²) in [4.78, 5) is 11.3. The summed E-state index contributed by atoms with van der Waals surface area (Å²) in [6.45, 7) is 1.97. The first kappa shape index (κ1) is 14.5. The second-order valence-corrected chi connectivity index (χ2v) is 4.35. The third-order valence-corrected chi connectivity index (χ3v) is 2.75. The maximum atomic E-state index is 11.3. The van der Waals surface area contributed by atoms with Crippen molar-refractivity contribution in [3.8, 4) is 0 Å². The number of carbonyl (C=O) groups is 1. The van der Waals surface area contributed by atoms with Crippen LogP contribution in [0.4, 0.5) is 0 Å². The molecular formula is C15H20O3. The summed E-state index contributed by atoms with van der Waals surface area (Å²) < 4.78 is 4.61. The number of rotatable bonds is 6. The third-order valence-electron chi connectivity index (χ3n) is 2.75. The van der Waals surface area contributed by atoms with E-state index >= 15 is 0 Å². The minimum absolute atomic E-state index is 0.0132. The molecule has 1 atom stereocenters. The van der Waals surface area contributed by atoms with E-state index in [1.54, 1.807) is 6.08 Å². The van der Waals surface area contributed by atoms with Gasteiger partial charge in [0.05, 0.1) is 19.1 Å². The Morgan fingerprint density at radius 1 is 1.39 bits per heavy atom. The predicted octanol–water partition coefficient (Wildman–Crippen LogP) is 2.79. The summed E-state index contributed by atoms with van der Waals surface area (Å²) in [5, 5.41) is 10.4. The fourth-order valence-electron chi connectivity index (χ4n) is 1.80. The molecule has 0 aliphatic carbocycles. The van der Waals surface area contributed by atoms with Gasteiger partial charge in [0.2, 0.25) is 0 Å². The van der Waals surface area contributed by atoms with E-state index in [0.717, 1.165) is 12.0 Å². The number of benzene rings is 1. The molecule has 0 heterocycles. The number of esters is 1. The summed E-state index contributed by atoms with van der Waals surface area (Å²) >= 11 is 0. The van der Waals surface area contributed by atoms with Crippen molar-refractivity contribution in [2.75, 3.05) is 7.11 Å². The van der Waals surface area contributed by atoms with Crippen LogP contribution in [0.1, 0.15) is 31.7 Å². The van der Waals surface area contributed by atoms with Crippen molar-refractivity contribution < 1.29 is 14.6 Å². The highest BCUT2D eigenvalue weighted by molar-refractivity contribution is 5.71. The fourth-order valence-corrected chi connectivity index (χ4v) is 1.80. The number of methoxy groups -OCH3 is 1. The molecule has 3 heteroatoms. The normalized spacial score (nSPS) is 14.4. The largest absolute Gasteiger partial charge is 0.469 e. The molecule has 0 radical (unpaired) electrons. The Kier molecular flexibility index (Phi) is 5.59. The Bertz CT molecular complexity index is 397. The maximum Gasteiger partial charge on any atom is 0.308 e. The highest BCUT2D eigenvalue weighted by Crippen LogP contribution is 2.21. The molecule has 1 aromatic rings. The number of aliphatic hydroxyl groups is 1. The van der Waals surface area contributed by atoms with Gasteiger partial charge in [0.25, 0.3) is 0 Å². The van der Waals surface area contributed by atoms with Crippen molar-refractivity contribution in [2.24, 2.45) is 0 Å². The molecule has 18 heavy (non-hydrogen) atoms. The van der Waals surface area contributed by atoms with Gasteiger partial charge in [-0.15, -0.1) is 0 Å². The Hall–Kier alpha value is -1.61. The number of hydrogen-bond donors (Lipinski definition) is 1. The van der Waals surface area contributed by atoms with Crippen LogP contribution in [0, 0.1) is 0 Å². The molecule has 1 aromatic carbocycles. The van der Waals surface area contributed by atoms with Crippen LogP contribution in [0.15, 0.2) is 36.4 Å². The van der Waals surface area contributed by atoms with E-state index in [-0.39, 0.29) is 6.42 Å². The molecule has 0 saturated heterocycles. The maximum absolute atomic E-state index is 11.3. The first-order valence-corrected chi connectivity index (χ1v) is 6.13. The molecule has 1 N–H and O–H groups in total. The van der Waals surface area contributed by atoms with Crippen molar-refractivity contribution in [3.05, 3.63) is 42.0 Å². The molecule has 1 rings (SSSR count). The van der Waals surface area contributed by atoms with Crippen molar-refractivity contribution in [1.82, 2.24) is 0 Å². The van der Waals surface area contributed by atoms with E-state index in [1.807, 2.05) is 43.3 Å². The quantitative estimate of drug-likeness (QED) is 0.787. The van der Waals surface area contributed by atoms with Crippen molar-refractivity contribution in [3.63, 3.8) is 0 Å². The first-order valence-electron chi connectivity index (χ1n) is 6.13. The van der Waals surface area contributed by atoms with Gasteiger partial charge in [-0.05, 0) is 12.0 Å². The lowest BCUT2D eigenvalue weighted by atomic mass is 9.93. The Morgan fingerprint density at radius 3 is 2.61 bits per heavy atom. The van der Waals surface area contributed by atoms with Gasteiger partial charge in [-0.3, -0.25) is 4.79 Å². The fraction of sp³-hybridized carbons (Fsp3) is 0.400. The lowest BCUT2D eigenvalue weighted by Gasteiger charge is -2.22. The SMILES string of the molecule is CCC[C@](O)(C=Cc1ccccc1)CC(=O)OC. The number of ether oxygens (including phenoxy) is 1. The standard InChI is InChI=1S/C15H20O3/c1-3-10-15(17,12-14(16)18-2)11-9-13-7-5-4-6-8-13/h4-9,11,17H,3,10,12H2,1-2H3/t15-/m0/s1. The predicted molar refractivity (Wildman–Crippen MR) is 72.0 cm³/mol. The molecule has 0 aliphatic heterocycles. The van der Waals surface area contributed by atoms with E-state index in [9.17, 15) is 9.90 Å². The molecule has 0 spiro atoms. The Labute approximate surface area is 108 Å². The summed E-state index contributed by atoms with van der Waals surface area (Å²) in [7, 11) is 1.33. The zero-order chi connectivity index (χ0) is 13.4. The lowest BCUT2D eigenvalue weighted by molar-refractivity contribution is -0.144. The summed E-state index contributed by atoms with van der Waals surface area (Å²) in [6.07, 6.45) is 4.83. The zero-order valence-electron chi connectivity index (χ0n) is 10.9. The van der Waals surface area contributed by atoms with E-state index in [1.165, 1.54) is 7.11 Å². The molecule has 0 aliphatic rings. The van der Waals surface area contributed by atoms with Gasteiger partial charge in [-0.1, -0.05) is 55.8 Å². The molecule has 0 amide bonds. The van der Waals surface area contributed by atoms with Crippen LogP contribution in [-0.4, -0.2) is 23.8 Å². The van der Waals surface area contributed by atoms with Gasteiger partial charge in [0.1, 0.15) is 0 Å². The molecular weight excluding hydrogens is 228 g/mol. The average Bonchev–Trinajstić information content (AvgIpc) is 2.38. The highest BCUT2D eigenvalue weighted by atomic mass is 16.5. The number of carbonyl (C=O) groups excluding carboxylic acids is 1. The van der Waals surface area contributed by atoms with E-state index in [0.29, 0.717) is 6.42 Å². The van der Waals surface area contributed by atoms with E-state index in [4.69, 9.17) is 0 Å². The zero-order valence-corrected chi connectivity index (χ0v) is 10.9. The van der Waals surface area contributed by atoms with E-state index < -0.39 is 11.6 Å². The van der Waals surface area contributed by atoms with Crippen LogP contribution in [0.25, 0.3) is 6.08 Å². The van der Waals surface area contributed by atoms with Gasteiger partial charge in [0, 0.05) is 0 Å². The van der Waals surface area contributed by atoms with Crippen LogP contribution in [-0.2, 0) is 9.53 Å². The molecule has 0 bridgehead atoms. The molecule has 0 unspecified atom stereocenters. The molecule has 0 aromatic heterocycles. The van der Waals surface area contributed by atoms with Gasteiger partial charge in [0.15, 0.2) is 0 Å². The van der Waals surface area contributed by atoms with Gasteiger partial charge in [-0.2, -0.15) is 0 Å². The van der Waals surface area contributed by atoms with Crippen LogP contribution in [0.2, 0.25) is 0 Å². The minimum Gasteiger partial charge on any atom is -0.469 e. The Morgan fingerprint density at radius 2 is 2.06 bits per heavy atom. The second kappa shape index (κ2) is 6.97. The first-order chi connectivity index (χ1) is 8.59. The minimum atomic E-state index is -1.13. The third kappa shape index (κ3) is 4.72. The van der Waals surface area contributed by atoms with E-state index in [2.05, 4.69) is 4.74 Å². The van der Waals surface area contributed by atoms with Crippen LogP contribution < -0.4 is 0 Å². The van der Waals surface area contributed by atoms with Crippen molar-refractivity contribution >= 4 is 12.0 Å². The summed E-state index contributed by atoms with van der Waals surface area (Å²) in [6, 6.07) is 9.68. The number of hydrogen-bond acceptors (Lipinski definition) is 3. The molecule has 0 saturated carbocycles. The second-order valence-electron chi connectivity index (χ2n) is 4.35. The smallest absolute Gasteiger partial charge is 0.308 e. The average molecular weight is 248 g/mol. The lowest BCUT2D eigenvalue weighted by Crippen LogP contribution is -2.29. The highest BCUT2D eigenvalue weighted by Gasteiger charge is 2.26. The van der Waals surface area contributed by atoms with Crippen LogP contribution in [0.3, 0.4) is 0 Å². The summed E-state index contributed by atoms with van der Waals surface area (Å²) in [5.74, 6) is -0.399. The van der Waals surface area contributed by atoms with Crippen LogP contribution in [0.5, 0.6) is 0 Å². The monoisotopic (exact) mass is 248 g/mol. The van der Waals surface area contributed by atoms with Crippen LogP contribution >= 0.6 is 0 Å². The topological polar surface area (TPSA) is 46.5 Å². The molecule has 98 valence electrons.